The molecule has 0 radical (unpaired) electrons. The SMILES string of the molecule is CO[C@H]1C=C/C=C(/C)C(=O)NC2=CC(=O)C(NCCN(C)C)=C(C[C@@H](C)C[C@H](OC)[C@H](O)[C@@H](C)/C=C(\C)[C@@H]1OC(N)=O)C2=O. The predicted octanol–water partition coefficient (Wildman–Crippen LogP) is 1.91. The van der Waals surface area contributed by atoms with Crippen LogP contribution in [0, 0.1) is 11.8 Å². The number of methoxy groups -OCH3 is 2. The molecule has 0 aromatic carbocycles. The Kier molecular flexibility index (Phi) is 14.2. The summed E-state index contributed by atoms with van der Waals surface area (Å²) in [5.74, 6) is -2.06. The van der Waals surface area contributed by atoms with Gasteiger partial charge in [-0.05, 0) is 52.3 Å². The van der Waals surface area contributed by atoms with Crippen LogP contribution in [-0.2, 0) is 28.6 Å². The fraction of sp³-hybridized carbons (Fsp3) is 0.562. The lowest BCUT2D eigenvalue weighted by Gasteiger charge is -2.30. The van der Waals surface area contributed by atoms with Gasteiger partial charge in [0.1, 0.15) is 6.10 Å². The monoisotopic (exact) mass is 616 g/mol. The fourth-order valence-electron chi connectivity index (χ4n) is 5.18. The Morgan fingerprint density at radius 2 is 1.84 bits per heavy atom. The average molecular weight is 617 g/mol. The number of primary amides is 1. The molecule has 0 unspecified atom stereocenters. The third-order valence-electron chi connectivity index (χ3n) is 7.65. The van der Waals surface area contributed by atoms with Crippen molar-refractivity contribution in [3.05, 3.63) is 58.5 Å². The summed E-state index contributed by atoms with van der Waals surface area (Å²) in [4.78, 5) is 53.7. The molecule has 1 aliphatic heterocycles. The van der Waals surface area contributed by atoms with Crippen molar-refractivity contribution in [1.29, 1.82) is 0 Å². The molecule has 6 atom stereocenters. The molecule has 2 aliphatic rings. The van der Waals surface area contributed by atoms with Crippen LogP contribution < -0.4 is 16.4 Å². The second kappa shape index (κ2) is 17.0. The molecular weight excluding hydrogens is 568 g/mol. The van der Waals surface area contributed by atoms with E-state index in [-0.39, 0.29) is 34.9 Å². The molecule has 0 saturated heterocycles. The molecule has 1 heterocycles. The Balaban J connectivity index is 2.60. The number of amides is 2. The molecular formula is C32H48N4O8. The van der Waals surface area contributed by atoms with Crippen molar-refractivity contribution in [2.75, 3.05) is 41.4 Å². The van der Waals surface area contributed by atoms with Crippen LogP contribution in [0.25, 0.3) is 0 Å². The van der Waals surface area contributed by atoms with Gasteiger partial charge in [-0.2, -0.15) is 0 Å². The number of ether oxygens (including phenoxy) is 3. The number of likely N-dealkylation sites (N-methyl/N-ethyl adjacent to an activating group) is 1. The highest BCUT2D eigenvalue weighted by Gasteiger charge is 2.33. The van der Waals surface area contributed by atoms with Crippen LogP contribution in [0.4, 0.5) is 4.79 Å². The van der Waals surface area contributed by atoms with Gasteiger partial charge in [-0.1, -0.05) is 38.2 Å². The van der Waals surface area contributed by atoms with E-state index in [1.807, 2.05) is 32.8 Å². The van der Waals surface area contributed by atoms with Crippen molar-refractivity contribution in [2.45, 2.75) is 65.0 Å². The van der Waals surface area contributed by atoms with Crippen molar-refractivity contribution in [3.8, 4) is 0 Å². The number of carbonyl (C=O) groups is 4. The Morgan fingerprint density at radius 1 is 1.16 bits per heavy atom. The number of allylic oxidation sites excluding steroid dienone is 4. The second-order valence-corrected chi connectivity index (χ2v) is 11.7. The lowest BCUT2D eigenvalue weighted by Crippen LogP contribution is -2.38. The number of ketones is 2. The van der Waals surface area contributed by atoms with Crippen molar-refractivity contribution < 1.29 is 38.5 Å². The van der Waals surface area contributed by atoms with Gasteiger partial charge in [0.25, 0.3) is 5.91 Å². The summed E-state index contributed by atoms with van der Waals surface area (Å²) in [6, 6.07) is 0. The van der Waals surface area contributed by atoms with Gasteiger partial charge < -0.3 is 40.6 Å². The second-order valence-electron chi connectivity index (χ2n) is 11.7. The van der Waals surface area contributed by atoms with Crippen molar-refractivity contribution in [1.82, 2.24) is 15.5 Å². The van der Waals surface area contributed by atoms with Gasteiger partial charge in [-0.15, -0.1) is 0 Å². The largest absolute Gasteiger partial charge is 0.439 e. The molecule has 0 fully saturated rings. The number of rotatable bonds is 7. The van der Waals surface area contributed by atoms with E-state index in [2.05, 4.69) is 10.6 Å². The lowest BCUT2D eigenvalue weighted by atomic mass is 9.85. The summed E-state index contributed by atoms with van der Waals surface area (Å²) in [5.41, 5.74) is 6.55. The third-order valence-corrected chi connectivity index (χ3v) is 7.65. The first-order valence-corrected chi connectivity index (χ1v) is 14.7. The number of carbonyl (C=O) groups excluding carboxylic acids is 4. The van der Waals surface area contributed by atoms with E-state index in [0.29, 0.717) is 25.1 Å². The van der Waals surface area contributed by atoms with Crippen LogP contribution in [0.5, 0.6) is 0 Å². The molecule has 2 rings (SSSR count). The number of nitrogens with two attached hydrogens (primary N) is 1. The first-order chi connectivity index (χ1) is 20.7. The van der Waals surface area contributed by atoms with Crippen LogP contribution in [0.2, 0.25) is 0 Å². The molecule has 44 heavy (non-hydrogen) atoms. The van der Waals surface area contributed by atoms with Gasteiger partial charge in [0, 0.05) is 50.4 Å². The third kappa shape index (κ3) is 10.3. The minimum atomic E-state index is -0.997. The number of fused-ring (bicyclic) bond motifs is 2. The smallest absolute Gasteiger partial charge is 0.405 e. The van der Waals surface area contributed by atoms with Gasteiger partial charge in [-0.3, -0.25) is 14.4 Å². The normalized spacial score (nSPS) is 30.2. The Labute approximate surface area is 260 Å². The molecule has 2 amide bonds. The lowest BCUT2D eigenvalue weighted by molar-refractivity contribution is -0.120. The minimum Gasteiger partial charge on any atom is -0.439 e. The average Bonchev–Trinajstić information content (AvgIpc) is 2.95. The summed E-state index contributed by atoms with van der Waals surface area (Å²) < 4.78 is 16.6. The summed E-state index contributed by atoms with van der Waals surface area (Å²) in [6.45, 7) is 8.09. The molecule has 0 spiro atoms. The van der Waals surface area contributed by atoms with Crippen LogP contribution in [0.15, 0.2) is 58.5 Å². The minimum absolute atomic E-state index is 0.114. The molecule has 1 aliphatic carbocycles. The van der Waals surface area contributed by atoms with E-state index in [1.54, 1.807) is 32.1 Å². The number of aliphatic hydroxyl groups excluding tert-OH is 1. The number of Topliss-reactive ketones (excluding diaryl/α,β-unsaturated/α-hetero) is 1. The molecule has 2 bridgehead atoms. The van der Waals surface area contributed by atoms with E-state index >= 15 is 0 Å². The van der Waals surface area contributed by atoms with Gasteiger partial charge in [-0.25, -0.2) is 4.79 Å². The zero-order valence-electron chi connectivity index (χ0n) is 27.0. The maximum atomic E-state index is 13.7. The fourth-order valence-corrected chi connectivity index (χ4v) is 5.18. The highest BCUT2D eigenvalue weighted by atomic mass is 16.6. The van der Waals surface area contributed by atoms with E-state index in [4.69, 9.17) is 19.9 Å². The Morgan fingerprint density at radius 3 is 2.43 bits per heavy atom. The van der Waals surface area contributed by atoms with Gasteiger partial charge in [0.15, 0.2) is 6.10 Å². The zero-order valence-corrected chi connectivity index (χ0v) is 27.0. The quantitative estimate of drug-likeness (QED) is 0.245. The Hall–Kier alpha value is -3.58. The number of hydrogen-bond donors (Lipinski definition) is 4. The zero-order chi connectivity index (χ0) is 33.1. The summed E-state index contributed by atoms with van der Waals surface area (Å²) in [5, 5.41) is 17.0. The highest BCUT2D eigenvalue weighted by Crippen LogP contribution is 2.28. The maximum absolute atomic E-state index is 13.7. The number of hydrogen-bond acceptors (Lipinski definition) is 10. The van der Waals surface area contributed by atoms with E-state index < -0.39 is 53.9 Å². The van der Waals surface area contributed by atoms with Crippen molar-refractivity contribution in [3.63, 3.8) is 0 Å². The molecule has 0 aromatic heterocycles. The van der Waals surface area contributed by atoms with Crippen LogP contribution in [-0.4, -0.2) is 99.4 Å². The standard InChI is InChI=1S/C32H48N4O8/c1-18-14-22-27(34-12-13-36(5)6)24(37)17-23(29(22)39)35-31(40)19(2)10-9-11-25(42-7)30(44-32(33)41)21(4)16-20(3)28(38)26(15-18)43-8/h9-11,16-18,20,25-26,28,30,34,38H,12-15H2,1-8H3,(H2,33,41)(H,35,40)/b11-9?,19-10-,21-16+/t18-,20+,25+,26+,28-,30+/m1/s1. The predicted molar refractivity (Wildman–Crippen MR) is 166 cm³/mol. The topological polar surface area (TPSA) is 170 Å². The first-order valence-electron chi connectivity index (χ1n) is 14.7. The highest BCUT2D eigenvalue weighted by molar-refractivity contribution is 6.23. The Bertz CT molecular complexity index is 1230. The van der Waals surface area contributed by atoms with Crippen molar-refractivity contribution >= 4 is 23.6 Å². The van der Waals surface area contributed by atoms with Crippen LogP contribution >= 0.6 is 0 Å². The van der Waals surface area contributed by atoms with Crippen molar-refractivity contribution in [2.24, 2.45) is 17.6 Å². The molecule has 244 valence electrons. The molecule has 12 nitrogen and oxygen atoms in total. The first kappa shape index (κ1) is 36.6. The molecule has 0 aromatic rings. The van der Waals surface area contributed by atoms with Gasteiger partial charge in [0.05, 0.1) is 23.6 Å². The molecule has 0 saturated carbocycles. The van der Waals surface area contributed by atoms with Crippen LogP contribution in [0.3, 0.4) is 0 Å². The van der Waals surface area contributed by atoms with E-state index in [1.165, 1.54) is 20.3 Å². The summed E-state index contributed by atoms with van der Waals surface area (Å²) in [6.07, 6.45) is 3.88. The van der Waals surface area contributed by atoms with E-state index in [9.17, 15) is 24.3 Å². The summed E-state index contributed by atoms with van der Waals surface area (Å²) >= 11 is 0. The number of aliphatic hydroxyl groups is 1. The number of nitrogens with one attached hydrogen (secondary N) is 2. The summed E-state index contributed by atoms with van der Waals surface area (Å²) in [7, 11) is 6.74. The van der Waals surface area contributed by atoms with Crippen LogP contribution in [0.1, 0.15) is 40.5 Å². The molecule has 12 heteroatoms. The van der Waals surface area contributed by atoms with E-state index in [0.717, 1.165) is 6.08 Å². The van der Waals surface area contributed by atoms with Gasteiger partial charge in [0.2, 0.25) is 11.6 Å². The van der Waals surface area contributed by atoms with Gasteiger partial charge >= 0.3 is 6.09 Å². The maximum Gasteiger partial charge on any atom is 0.405 e. The number of nitrogens with zero attached hydrogens (tertiary/aromatic N) is 1. The molecule has 5 N–H and O–H groups in total.